The highest BCUT2D eigenvalue weighted by Crippen LogP contribution is 2.35. The van der Waals surface area contributed by atoms with Gasteiger partial charge in [-0.25, -0.2) is 0 Å². The molecule has 0 amide bonds. The van der Waals surface area contributed by atoms with Gasteiger partial charge in [0.25, 0.3) is 0 Å². The molecule has 0 saturated heterocycles. The van der Waals surface area contributed by atoms with Crippen LogP contribution in [0, 0.1) is 0 Å². The van der Waals surface area contributed by atoms with Crippen LogP contribution in [0.5, 0.6) is 5.75 Å². The largest absolute Gasteiger partial charge is 0.497 e. The maximum absolute atomic E-state index is 12.7. The fourth-order valence-corrected chi connectivity index (χ4v) is 1.45. The number of rotatable bonds is 2. The van der Waals surface area contributed by atoms with Crippen molar-refractivity contribution in [3.05, 3.63) is 29.8 Å². The Morgan fingerprint density at radius 3 is 2.44 bits per heavy atom. The molecule has 1 aromatic heterocycles. The van der Waals surface area contributed by atoms with E-state index in [2.05, 4.69) is 9.68 Å². The van der Waals surface area contributed by atoms with Crippen molar-refractivity contribution in [2.45, 2.75) is 6.18 Å². The lowest BCUT2D eigenvalue weighted by molar-refractivity contribution is -0.137. The molecule has 2 N–H and O–H groups in total. The lowest BCUT2D eigenvalue weighted by Crippen LogP contribution is -2.05. The fourth-order valence-electron chi connectivity index (χ4n) is 1.45. The number of halogens is 3. The van der Waals surface area contributed by atoms with Crippen LogP contribution in [0.1, 0.15) is 5.56 Å². The Bertz CT molecular complexity index is 564. The van der Waals surface area contributed by atoms with Crippen molar-refractivity contribution in [1.82, 2.24) is 5.16 Å². The molecule has 0 radical (unpaired) electrons. The summed E-state index contributed by atoms with van der Waals surface area (Å²) in [4.78, 5) is 0. The van der Waals surface area contributed by atoms with E-state index in [4.69, 9.17) is 10.5 Å². The van der Waals surface area contributed by atoms with Crippen LogP contribution in [-0.2, 0) is 6.18 Å². The minimum Gasteiger partial charge on any atom is -0.497 e. The van der Waals surface area contributed by atoms with Crippen molar-refractivity contribution in [2.75, 3.05) is 12.8 Å². The maximum Gasteiger partial charge on any atom is 0.416 e. The minimum absolute atomic E-state index is 0.0291. The van der Waals surface area contributed by atoms with Gasteiger partial charge in [-0.1, -0.05) is 5.16 Å². The minimum atomic E-state index is -4.46. The van der Waals surface area contributed by atoms with Gasteiger partial charge in [-0.05, 0) is 18.2 Å². The van der Waals surface area contributed by atoms with E-state index in [1.807, 2.05) is 0 Å². The molecule has 96 valence electrons. The van der Waals surface area contributed by atoms with E-state index in [9.17, 15) is 13.2 Å². The first kappa shape index (κ1) is 12.3. The Hall–Kier alpha value is -2.18. The van der Waals surface area contributed by atoms with Crippen LogP contribution in [0.25, 0.3) is 11.3 Å². The number of nitrogen functional groups attached to an aromatic ring is 1. The number of ether oxygens (including phenoxy) is 1. The molecule has 0 fully saturated rings. The van der Waals surface area contributed by atoms with Gasteiger partial charge in [0.2, 0.25) is 5.88 Å². The van der Waals surface area contributed by atoms with Gasteiger partial charge in [-0.3, -0.25) is 0 Å². The summed E-state index contributed by atoms with van der Waals surface area (Å²) in [5.41, 5.74) is 4.95. The molecule has 0 atom stereocenters. The number of hydrogen-bond acceptors (Lipinski definition) is 4. The number of anilines is 1. The van der Waals surface area contributed by atoms with Crippen LogP contribution in [0.2, 0.25) is 0 Å². The molecule has 0 saturated carbocycles. The predicted molar refractivity (Wildman–Crippen MR) is 57.9 cm³/mol. The van der Waals surface area contributed by atoms with Crippen LogP contribution < -0.4 is 10.5 Å². The summed E-state index contributed by atoms with van der Waals surface area (Å²) < 4.78 is 47.5. The second kappa shape index (κ2) is 4.25. The summed E-state index contributed by atoms with van der Waals surface area (Å²) in [5.74, 6) is 0.114. The number of aromatic nitrogens is 1. The van der Waals surface area contributed by atoms with E-state index in [1.54, 1.807) is 0 Å². The highest BCUT2D eigenvalue weighted by molar-refractivity contribution is 5.64. The van der Waals surface area contributed by atoms with E-state index in [1.165, 1.54) is 19.2 Å². The zero-order chi connectivity index (χ0) is 13.3. The maximum atomic E-state index is 12.7. The average molecular weight is 258 g/mol. The first-order chi connectivity index (χ1) is 8.40. The van der Waals surface area contributed by atoms with Gasteiger partial charge in [-0.15, -0.1) is 0 Å². The molecule has 7 heteroatoms. The normalized spacial score (nSPS) is 11.6. The molecular formula is C11H9F3N2O2. The lowest BCUT2D eigenvalue weighted by atomic mass is 10.1. The Kier molecular flexibility index (Phi) is 2.90. The highest BCUT2D eigenvalue weighted by Gasteiger charge is 2.31. The van der Waals surface area contributed by atoms with Gasteiger partial charge in [0.05, 0.1) is 12.7 Å². The van der Waals surface area contributed by atoms with Crippen LogP contribution >= 0.6 is 0 Å². The third-order valence-corrected chi connectivity index (χ3v) is 2.29. The zero-order valence-corrected chi connectivity index (χ0v) is 9.28. The molecule has 18 heavy (non-hydrogen) atoms. The second-order valence-electron chi connectivity index (χ2n) is 3.56. The fraction of sp³-hybridized carbons (Fsp3) is 0.182. The molecule has 1 heterocycles. The van der Waals surface area contributed by atoms with Gasteiger partial charge in [0.1, 0.15) is 11.4 Å². The van der Waals surface area contributed by atoms with Gasteiger partial charge < -0.3 is 15.0 Å². The highest BCUT2D eigenvalue weighted by atomic mass is 19.4. The van der Waals surface area contributed by atoms with Crippen molar-refractivity contribution in [1.29, 1.82) is 0 Å². The van der Waals surface area contributed by atoms with Gasteiger partial charge in [0.15, 0.2) is 0 Å². The zero-order valence-electron chi connectivity index (χ0n) is 9.28. The van der Waals surface area contributed by atoms with Crippen LogP contribution in [0.15, 0.2) is 28.8 Å². The summed E-state index contributed by atoms with van der Waals surface area (Å²) in [6.07, 6.45) is -4.46. The molecule has 0 aliphatic heterocycles. The van der Waals surface area contributed by atoms with Gasteiger partial charge in [0, 0.05) is 11.6 Å². The smallest absolute Gasteiger partial charge is 0.416 e. The molecule has 0 aliphatic rings. The average Bonchev–Trinajstić information content (AvgIpc) is 2.74. The van der Waals surface area contributed by atoms with Crippen molar-refractivity contribution >= 4 is 5.88 Å². The number of methoxy groups -OCH3 is 1. The number of benzene rings is 1. The third kappa shape index (κ3) is 2.39. The first-order valence-electron chi connectivity index (χ1n) is 4.89. The van der Waals surface area contributed by atoms with Crippen LogP contribution in [-0.4, -0.2) is 12.3 Å². The molecule has 0 spiro atoms. The Morgan fingerprint density at radius 2 is 1.94 bits per heavy atom. The van der Waals surface area contributed by atoms with Gasteiger partial charge in [-0.2, -0.15) is 13.2 Å². The van der Waals surface area contributed by atoms with E-state index < -0.39 is 11.7 Å². The Labute approximate surface area is 100 Å². The van der Waals surface area contributed by atoms with E-state index in [-0.39, 0.29) is 22.9 Å². The Morgan fingerprint density at radius 1 is 1.22 bits per heavy atom. The molecular weight excluding hydrogens is 249 g/mol. The number of nitrogens with zero attached hydrogens (tertiary/aromatic N) is 1. The van der Waals surface area contributed by atoms with E-state index in [0.717, 1.165) is 12.1 Å². The Balaban J connectivity index is 2.54. The second-order valence-corrected chi connectivity index (χ2v) is 3.56. The molecule has 2 rings (SSSR count). The first-order valence-corrected chi connectivity index (χ1v) is 4.89. The van der Waals surface area contributed by atoms with Crippen molar-refractivity contribution in [3.8, 4) is 17.0 Å². The number of nitrogens with two attached hydrogens (primary N) is 1. The monoisotopic (exact) mass is 258 g/mol. The topological polar surface area (TPSA) is 61.3 Å². The lowest BCUT2D eigenvalue weighted by Gasteiger charge is -2.10. The summed E-state index contributed by atoms with van der Waals surface area (Å²) in [5, 5.41) is 3.56. The third-order valence-electron chi connectivity index (χ3n) is 2.29. The summed E-state index contributed by atoms with van der Waals surface area (Å²) in [6, 6.07) is 4.63. The molecule has 1 aromatic carbocycles. The number of alkyl halides is 3. The van der Waals surface area contributed by atoms with E-state index in [0.29, 0.717) is 0 Å². The van der Waals surface area contributed by atoms with Crippen molar-refractivity contribution < 1.29 is 22.4 Å². The van der Waals surface area contributed by atoms with Crippen LogP contribution in [0.4, 0.5) is 19.1 Å². The quantitative estimate of drug-likeness (QED) is 0.899. The SMILES string of the molecule is COc1cc(-c2cc(N)on2)cc(C(F)(F)F)c1. The predicted octanol–water partition coefficient (Wildman–Crippen LogP) is 2.95. The van der Waals surface area contributed by atoms with Crippen molar-refractivity contribution in [3.63, 3.8) is 0 Å². The summed E-state index contributed by atoms with van der Waals surface area (Å²) in [7, 11) is 1.29. The molecule has 2 aromatic rings. The molecule has 0 bridgehead atoms. The van der Waals surface area contributed by atoms with Gasteiger partial charge >= 0.3 is 6.18 Å². The number of hydrogen-bond donors (Lipinski definition) is 1. The molecule has 0 unspecified atom stereocenters. The standard InChI is InChI=1S/C11H9F3N2O2/c1-17-8-3-6(9-5-10(15)18-16-9)2-7(4-8)11(12,13)14/h2-5H,15H2,1H3. The summed E-state index contributed by atoms with van der Waals surface area (Å²) in [6.45, 7) is 0. The molecule has 0 aliphatic carbocycles. The summed E-state index contributed by atoms with van der Waals surface area (Å²) >= 11 is 0. The van der Waals surface area contributed by atoms with Crippen LogP contribution in [0.3, 0.4) is 0 Å². The van der Waals surface area contributed by atoms with E-state index >= 15 is 0 Å². The van der Waals surface area contributed by atoms with Crippen molar-refractivity contribution in [2.24, 2.45) is 0 Å². The molecule has 4 nitrogen and oxygen atoms in total.